The first-order valence-corrected chi connectivity index (χ1v) is 5.49. The van der Waals surface area contributed by atoms with Crippen molar-refractivity contribution in [1.82, 2.24) is 14.5 Å². The summed E-state index contributed by atoms with van der Waals surface area (Å²) in [7, 11) is 1.84. The van der Waals surface area contributed by atoms with Gasteiger partial charge < -0.3 is 10.3 Å². The van der Waals surface area contributed by atoms with Crippen LogP contribution in [0.15, 0.2) is 36.5 Å². The molecule has 5 heteroatoms. The number of aromatic nitrogens is 3. The van der Waals surface area contributed by atoms with E-state index in [1.807, 2.05) is 17.7 Å². The van der Waals surface area contributed by atoms with E-state index in [0.717, 1.165) is 5.52 Å². The molecule has 0 aliphatic rings. The van der Waals surface area contributed by atoms with Crippen LogP contribution in [0.5, 0.6) is 0 Å². The summed E-state index contributed by atoms with van der Waals surface area (Å²) >= 11 is 0. The highest BCUT2D eigenvalue weighted by atomic mass is 19.1. The van der Waals surface area contributed by atoms with Crippen molar-refractivity contribution in [2.24, 2.45) is 7.05 Å². The third kappa shape index (κ3) is 1.52. The zero-order valence-corrected chi connectivity index (χ0v) is 9.76. The molecule has 0 unspecified atom stereocenters. The average molecular weight is 242 g/mol. The molecule has 18 heavy (non-hydrogen) atoms. The monoisotopic (exact) mass is 242 g/mol. The van der Waals surface area contributed by atoms with Crippen molar-refractivity contribution in [3.63, 3.8) is 0 Å². The van der Waals surface area contributed by atoms with Gasteiger partial charge >= 0.3 is 0 Å². The topological polar surface area (TPSA) is 56.7 Å². The van der Waals surface area contributed by atoms with Gasteiger partial charge in [-0.1, -0.05) is 6.07 Å². The van der Waals surface area contributed by atoms with Crippen LogP contribution in [0.4, 0.5) is 10.1 Å². The minimum Gasteiger partial charge on any atom is -0.397 e. The van der Waals surface area contributed by atoms with Crippen molar-refractivity contribution >= 4 is 16.7 Å². The molecule has 1 aromatic carbocycles. The third-order valence-corrected chi connectivity index (χ3v) is 2.88. The number of hydrogen-bond donors (Lipinski definition) is 1. The maximum Gasteiger partial charge on any atom is 0.159 e. The van der Waals surface area contributed by atoms with Gasteiger partial charge in [0.25, 0.3) is 0 Å². The number of halogens is 1. The molecule has 0 radical (unpaired) electrons. The molecule has 2 aromatic heterocycles. The lowest BCUT2D eigenvalue weighted by Crippen LogP contribution is -1.95. The zero-order chi connectivity index (χ0) is 12.7. The van der Waals surface area contributed by atoms with Crippen LogP contribution >= 0.6 is 0 Å². The van der Waals surface area contributed by atoms with Crippen LogP contribution in [0.25, 0.3) is 22.6 Å². The van der Waals surface area contributed by atoms with E-state index in [4.69, 9.17) is 5.73 Å². The van der Waals surface area contributed by atoms with E-state index in [-0.39, 0.29) is 5.82 Å². The number of para-hydroxylation sites is 1. The lowest BCUT2D eigenvalue weighted by Gasteiger charge is -2.01. The predicted molar refractivity (Wildman–Crippen MR) is 68.3 cm³/mol. The van der Waals surface area contributed by atoms with E-state index in [2.05, 4.69) is 9.97 Å². The number of imidazole rings is 1. The van der Waals surface area contributed by atoms with Crippen molar-refractivity contribution in [1.29, 1.82) is 0 Å². The number of nitrogens with two attached hydrogens (primary N) is 1. The first kappa shape index (κ1) is 10.7. The fourth-order valence-electron chi connectivity index (χ4n) is 1.95. The number of nitrogens with zero attached hydrogens (tertiary/aromatic N) is 3. The summed E-state index contributed by atoms with van der Waals surface area (Å²) in [6.45, 7) is 0. The summed E-state index contributed by atoms with van der Waals surface area (Å²) in [5.41, 5.74) is 7.94. The molecule has 0 saturated carbocycles. The zero-order valence-electron chi connectivity index (χ0n) is 9.76. The number of pyridine rings is 1. The van der Waals surface area contributed by atoms with Crippen LogP contribution in [0.1, 0.15) is 0 Å². The number of nitrogen functional groups attached to an aromatic ring is 1. The van der Waals surface area contributed by atoms with Gasteiger partial charge in [-0.05, 0) is 24.3 Å². The van der Waals surface area contributed by atoms with E-state index in [9.17, 15) is 4.39 Å². The van der Waals surface area contributed by atoms with Gasteiger partial charge in [0.05, 0.1) is 17.4 Å². The summed E-state index contributed by atoms with van der Waals surface area (Å²) in [6.07, 6.45) is 1.56. The lowest BCUT2D eigenvalue weighted by molar-refractivity contribution is 0.637. The Balaban J connectivity index is 2.27. The maximum absolute atomic E-state index is 13.6. The molecule has 0 bridgehead atoms. The SMILES string of the molecule is Cn1c(-c2ccc(N)cn2)nc2c(F)cccc21. The molecule has 0 spiro atoms. The number of anilines is 1. The van der Waals surface area contributed by atoms with E-state index < -0.39 is 0 Å². The van der Waals surface area contributed by atoms with Gasteiger partial charge in [-0.3, -0.25) is 4.98 Å². The number of fused-ring (bicyclic) bond motifs is 1. The van der Waals surface area contributed by atoms with Crippen molar-refractivity contribution in [2.45, 2.75) is 0 Å². The molecule has 0 aliphatic carbocycles. The maximum atomic E-state index is 13.6. The molecule has 90 valence electrons. The first-order chi connectivity index (χ1) is 8.66. The number of benzene rings is 1. The van der Waals surface area contributed by atoms with Gasteiger partial charge in [0.2, 0.25) is 0 Å². The molecule has 3 aromatic rings. The Morgan fingerprint density at radius 2 is 2.06 bits per heavy atom. The van der Waals surface area contributed by atoms with Crippen molar-refractivity contribution in [3.8, 4) is 11.5 Å². The standard InChI is InChI=1S/C13H11FN4/c1-18-11-4-2-3-9(14)12(11)17-13(18)10-6-5-8(15)7-16-10/h2-7H,15H2,1H3. The van der Waals surface area contributed by atoms with Crippen molar-refractivity contribution in [3.05, 3.63) is 42.3 Å². The molecule has 2 heterocycles. The molecule has 3 rings (SSSR count). The number of aryl methyl sites for hydroxylation is 1. The Morgan fingerprint density at radius 3 is 2.72 bits per heavy atom. The van der Waals surface area contributed by atoms with Gasteiger partial charge in [0.15, 0.2) is 11.6 Å². The fraction of sp³-hybridized carbons (Fsp3) is 0.0769. The van der Waals surface area contributed by atoms with Gasteiger partial charge in [-0.15, -0.1) is 0 Å². The summed E-state index contributed by atoms with van der Waals surface area (Å²) in [5.74, 6) is 0.292. The molecule has 4 nitrogen and oxygen atoms in total. The average Bonchev–Trinajstić information content (AvgIpc) is 2.70. The van der Waals surface area contributed by atoms with E-state index in [0.29, 0.717) is 22.7 Å². The van der Waals surface area contributed by atoms with Gasteiger partial charge in [-0.25, -0.2) is 9.37 Å². The normalized spacial score (nSPS) is 11.0. The minimum absolute atomic E-state index is 0.329. The highest BCUT2D eigenvalue weighted by molar-refractivity contribution is 5.80. The molecule has 0 saturated heterocycles. The third-order valence-electron chi connectivity index (χ3n) is 2.88. The minimum atomic E-state index is -0.329. The largest absolute Gasteiger partial charge is 0.397 e. The fourth-order valence-corrected chi connectivity index (χ4v) is 1.95. The highest BCUT2D eigenvalue weighted by Gasteiger charge is 2.13. The highest BCUT2D eigenvalue weighted by Crippen LogP contribution is 2.24. The lowest BCUT2D eigenvalue weighted by atomic mass is 10.3. The van der Waals surface area contributed by atoms with Crippen LogP contribution in [-0.2, 0) is 7.05 Å². The molecular weight excluding hydrogens is 231 g/mol. The summed E-state index contributed by atoms with van der Waals surface area (Å²) in [5, 5.41) is 0. The Kier molecular flexibility index (Phi) is 2.26. The van der Waals surface area contributed by atoms with Crippen LogP contribution in [0.2, 0.25) is 0 Å². The molecule has 0 fully saturated rings. The van der Waals surface area contributed by atoms with Gasteiger partial charge in [-0.2, -0.15) is 0 Å². The second-order valence-electron chi connectivity index (χ2n) is 4.08. The Labute approximate surface area is 103 Å². The predicted octanol–water partition coefficient (Wildman–Crippen LogP) is 2.36. The molecule has 0 atom stereocenters. The van der Waals surface area contributed by atoms with E-state index >= 15 is 0 Å². The molecular formula is C13H11FN4. The van der Waals surface area contributed by atoms with Crippen molar-refractivity contribution < 1.29 is 4.39 Å². The summed E-state index contributed by atoms with van der Waals surface area (Å²) in [6, 6.07) is 8.41. The van der Waals surface area contributed by atoms with Gasteiger partial charge in [0, 0.05) is 7.05 Å². The molecule has 0 amide bonds. The van der Waals surface area contributed by atoms with E-state index in [1.165, 1.54) is 6.07 Å². The quantitative estimate of drug-likeness (QED) is 0.712. The summed E-state index contributed by atoms with van der Waals surface area (Å²) < 4.78 is 15.5. The van der Waals surface area contributed by atoms with E-state index in [1.54, 1.807) is 24.4 Å². The Bertz CT molecular complexity index is 716. The molecule has 2 N–H and O–H groups in total. The van der Waals surface area contributed by atoms with Crippen LogP contribution in [0.3, 0.4) is 0 Å². The van der Waals surface area contributed by atoms with Gasteiger partial charge in [0.1, 0.15) is 11.2 Å². The second-order valence-corrected chi connectivity index (χ2v) is 4.08. The number of rotatable bonds is 1. The van der Waals surface area contributed by atoms with Crippen LogP contribution < -0.4 is 5.73 Å². The smallest absolute Gasteiger partial charge is 0.159 e. The Hall–Kier alpha value is -2.43. The van der Waals surface area contributed by atoms with Crippen LogP contribution in [0, 0.1) is 5.82 Å². The summed E-state index contributed by atoms with van der Waals surface area (Å²) in [4.78, 5) is 8.50. The first-order valence-electron chi connectivity index (χ1n) is 5.49. The Morgan fingerprint density at radius 1 is 1.22 bits per heavy atom. The van der Waals surface area contributed by atoms with Crippen molar-refractivity contribution in [2.75, 3.05) is 5.73 Å². The molecule has 0 aliphatic heterocycles. The second kappa shape index (κ2) is 3.80. The van der Waals surface area contributed by atoms with Crippen LogP contribution in [-0.4, -0.2) is 14.5 Å². The number of hydrogen-bond acceptors (Lipinski definition) is 3.